The van der Waals surface area contributed by atoms with Gasteiger partial charge in [0.2, 0.25) is 0 Å². The molecule has 0 radical (unpaired) electrons. The largest absolute Gasteiger partial charge is 0.459 e. The number of rotatable bonds is 8. The number of hydrogen-bond acceptors (Lipinski definition) is 7. The molecule has 1 aliphatic heterocycles. The summed E-state index contributed by atoms with van der Waals surface area (Å²) in [7, 11) is 0. The highest BCUT2D eigenvalue weighted by Crippen LogP contribution is 2.26. The number of allylic oxidation sites excluding steroid dienone is 5. The molecule has 1 aliphatic rings. The third-order valence-corrected chi connectivity index (χ3v) is 6.95. The molecule has 0 saturated heterocycles. The van der Waals surface area contributed by atoms with Gasteiger partial charge in [0.05, 0.1) is 12.2 Å². The normalized spacial score (nSPS) is 31.3. The molecule has 37 heavy (non-hydrogen) atoms. The molecule has 0 aromatic rings. The van der Waals surface area contributed by atoms with E-state index >= 15 is 0 Å². The number of ether oxygens (including phenoxy) is 2. The van der Waals surface area contributed by atoms with Gasteiger partial charge in [-0.1, -0.05) is 77.2 Å². The minimum atomic E-state index is -1.08. The number of aliphatic hydroxyl groups excluding tert-OH is 2. The quantitative estimate of drug-likeness (QED) is 0.361. The Bertz CT molecular complexity index is 896. The second-order valence-corrected chi connectivity index (χ2v) is 9.96. The summed E-state index contributed by atoms with van der Waals surface area (Å²) in [6.07, 6.45) is 13.7. The number of cyclic esters (lactones) is 2. The van der Waals surface area contributed by atoms with Crippen molar-refractivity contribution in [2.45, 2.75) is 79.3 Å². The molecule has 2 N–H and O–H groups in total. The average Bonchev–Trinajstić information content (AvgIpc) is 2.85. The van der Waals surface area contributed by atoms with Crippen molar-refractivity contribution in [1.29, 1.82) is 0 Å². The van der Waals surface area contributed by atoms with Gasteiger partial charge >= 0.3 is 11.9 Å². The maximum absolute atomic E-state index is 12.8. The smallest absolute Gasteiger partial charge is 0.331 e. The first-order chi connectivity index (χ1) is 17.4. The van der Waals surface area contributed by atoms with Gasteiger partial charge < -0.3 is 19.7 Å². The van der Waals surface area contributed by atoms with E-state index in [9.17, 15) is 24.6 Å². The molecule has 0 aliphatic carbocycles. The van der Waals surface area contributed by atoms with Crippen molar-refractivity contribution in [3.8, 4) is 0 Å². The van der Waals surface area contributed by atoms with Gasteiger partial charge in [-0.3, -0.25) is 4.79 Å². The third kappa shape index (κ3) is 11.0. The molecule has 0 bridgehead atoms. The van der Waals surface area contributed by atoms with Crippen molar-refractivity contribution in [3.63, 3.8) is 0 Å². The number of ketones is 1. The number of carbonyl (C=O) groups excluding carboxylic acids is 3. The van der Waals surface area contributed by atoms with E-state index in [2.05, 4.69) is 0 Å². The Kier molecular flexibility index (Phi) is 14.1. The van der Waals surface area contributed by atoms with Gasteiger partial charge in [0, 0.05) is 41.7 Å². The molecular weight excluding hydrogens is 472 g/mol. The Hall–Kier alpha value is -2.77. The molecule has 0 saturated carbocycles. The van der Waals surface area contributed by atoms with Crippen LogP contribution in [-0.2, 0) is 23.9 Å². The van der Waals surface area contributed by atoms with Crippen LogP contribution < -0.4 is 0 Å². The highest BCUT2D eigenvalue weighted by molar-refractivity contribution is 5.92. The van der Waals surface area contributed by atoms with Gasteiger partial charge in [0.1, 0.15) is 12.2 Å². The van der Waals surface area contributed by atoms with Crippen LogP contribution in [0.4, 0.5) is 0 Å². The van der Waals surface area contributed by atoms with Crippen molar-refractivity contribution in [1.82, 2.24) is 0 Å². The summed E-state index contributed by atoms with van der Waals surface area (Å²) in [6, 6.07) is 0. The Balaban J connectivity index is 3.14. The highest BCUT2D eigenvalue weighted by Gasteiger charge is 2.35. The maximum atomic E-state index is 12.8. The van der Waals surface area contributed by atoms with Gasteiger partial charge in [-0.05, 0) is 26.3 Å². The lowest BCUT2D eigenvalue weighted by Gasteiger charge is -2.32. The Morgan fingerprint density at radius 3 is 2.00 bits per heavy atom. The highest BCUT2D eigenvalue weighted by atomic mass is 16.5. The van der Waals surface area contributed by atoms with Crippen LogP contribution in [0.3, 0.4) is 0 Å². The van der Waals surface area contributed by atoms with E-state index in [1.165, 1.54) is 18.2 Å². The summed E-state index contributed by atoms with van der Waals surface area (Å²) in [5.41, 5.74) is 0. The molecule has 7 nitrogen and oxygen atoms in total. The van der Waals surface area contributed by atoms with Gasteiger partial charge in [0.15, 0.2) is 5.78 Å². The van der Waals surface area contributed by atoms with Gasteiger partial charge in [-0.2, -0.15) is 0 Å². The van der Waals surface area contributed by atoms with Crippen molar-refractivity contribution in [2.24, 2.45) is 29.6 Å². The Morgan fingerprint density at radius 2 is 1.46 bits per heavy atom. The monoisotopic (exact) mass is 516 g/mol. The number of carbonyl (C=O) groups is 3. The maximum Gasteiger partial charge on any atom is 0.331 e. The van der Waals surface area contributed by atoms with E-state index in [0.29, 0.717) is 6.42 Å². The van der Waals surface area contributed by atoms with Gasteiger partial charge in [0.25, 0.3) is 0 Å². The lowest BCUT2D eigenvalue weighted by Crippen LogP contribution is -2.41. The molecule has 2 unspecified atom stereocenters. The van der Waals surface area contributed by atoms with E-state index < -0.39 is 42.1 Å². The first-order valence-electron chi connectivity index (χ1n) is 13.1. The van der Waals surface area contributed by atoms with Crippen molar-refractivity contribution in [3.05, 3.63) is 60.8 Å². The third-order valence-electron chi connectivity index (χ3n) is 6.95. The summed E-state index contributed by atoms with van der Waals surface area (Å²) in [5, 5.41) is 20.9. The molecule has 0 spiro atoms. The van der Waals surface area contributed by atoms with Crippen LogP contribution in [0.5, 0.6) is 0 Å². The molecule has 7 heteroatoms. The van der Waals surface area contributed by atoms with Crippen LogP contribution in [0.15, 0.2) is 60.8 Å². The fraction of sp³-hybridized carbons (Fsp3) is 0.567. The van der Waals surface area contributed by atoms with Gasteiger partial charge in [-0.25, -0.2) is 9.59 Å². The van der Waals surface area contributed by atoms with Crippen molar-refractivity contribution >= 4 is 17.7 Å². The first kappa shape index (κ1) is 32.3. The summed E-state index contributed by atoms with van der Waals surface area (Å²) < 4.78 is 11.1. The molecule has 206 valence electrons. The molecule has 0 aromatic heterocycles. The fourth-order valence-corrected chi connectivity index (χ4v) is 4.04. The molecule has 1 rings (SSSR count). The number of aliphatic hydroxyl groups is 2. The van der Waals surface area contributed by atoms with Crippen molar-refractivity contribution in [2.75, 3.05) is 0 Å². The minimum Gasteiger partial charge on any atom is -0.459 e. The number of esters is 2. The predicted molar refractivity (Wildman–Crippen MR) is 144 cm³/mol. The summed E-state index contributed by atoms with van der Waals surface area (Å²) in [6.45, 7) is 12.5. The van der Waals surface area contributed by atoms with Gasteiger partial charge in [-0.15, -0.1) is 0 Å². The second-order valence-electron chi connectivity index (χ2n) is 9.96. The van der Waals surface area contributed by atoms with Crippen LogP contribution >= 0.6 is 0 Å². The van der Waals surface area contributed by atoms with Crippen LogP contribution in [0, 0.1) is 29.6 Å². The lowest BCUT2D eigenvalue weighted by atomic mass is 9.82. The molecule has 0 amide bonds. The van der Waals surface area contributed by atoms with Crippen LogP contribution in [0.1, 0.15) is 54.9 Å². The average molecular weight is 517 g/mol. The summed E-state index contributed by atoms with van der Waals surface area (Å²) >= 11 is 0. The van der Waals surface area contributed by atoms with Crippen LogP contribution in [0.2, 0.25) is 0 Å². The SMILES string of the molecule is CC[C@@H](/C=C/C(=O)[C@@H](C)[C@H](O)[C@H](C)C1OC(=O)/C=C/C=C/[C@H](C)C(C)OC(=O)/C=C/C=C/[C@@H]1C)[C@@H](C)O. The zero-order valence-corrected chi connectivity index (χ0v) is 23.1. The molecule has 9 atom stereocenters. The van der Waals surface area contributed by atoms with E-state index in [1.807, 2.05) is 26.8 Å². The Morgan fingerprint density at radius 1 is 0.919 bits per heavy atom. The van der Waals surface area contributed by atoms with E-state index in [0.717, 1.165) is 0 Å². The zero-order valence-electron chi connectivity index (χ0n) is 23.1. The minimum absolute atomic E-state index is 0.0642. The summed E-state index contributed by atoms with van der Waals surface area (Å²) in [4.78, 5) is 37.4. The fourth-order valence-electron chi connectivity index (χ4n) is 4.04. The number of hydrogen-bond donors (Lipinski definition) is 2. The van der Waals surface area contributed by atoms with Crippen molar-refractivity contribution < 1.29 is 34.1 Å². The molecule has 0 fully saturated rings. The van der Waals surface area contributed by atoms with E-state index in [1.54, 1.807) is 64.2 Å². The predicted octanol–water partition coefficient (Wildman–Crippen LogP) is 4.51. The van der Waals surface area contributed by atoms with E-state index in [4.69, 9.17) is 9.47 Å². The van der Waals surface area contributed by atoms with Crippen LogP contribution in [-0.4, -0.2) is 52.4 Å². The lowest BCUT2D eigenvalue weighted by molar-refractivity contribution is -0.151. The molecule has 0 aromatic carbocycles. The molecular formula is C30H44O7. The van der Waals surface area contributed by atoms with Crippen LogP contribution in [0.25, 0.3) is 0 Å². The zero-order chi connectivity index (χ0) is 28.1. The standard InChI is InChI=1S/C30H44O7/c1-8-25(23(6)31)17-18-26(32)21(4)29(35)22(5)30-20(3)14-10-12-15-27(33)36-24(7)19(2)13-9-11-16-28(34)37-30/h9-25,29-31,35H,8H2,1-7H3/b13-9+,14-10+,15-12+,16-11+,18-17+/t19-,20-,21+,22-,23+,24?,25-,29-,30?/m0/s1. The van der Waals surface area contributed by atoms with E-state index in [-0.39, 0.29) is 29.6 Å². The summed E-state index contributed by atoms with van der Waals surface area (Å²) in [5.74, 6) is -3.16. The Labute approximate surface area is 221 Å². The molecule has 1 heterocycles. The first-order valence-corrected chi connectivity index (χ1v) is 13.1. The topological polar surface area (TPSA) is 110 Å². The second kappa shape index (κ2) is 16.2.